The van der Waals surface area contributed by atoms with Gasteiger partial charge in [-0.2, -0.15) is 52.7 Å². The van der Waals surface area contributed by atoms with Gasteiger partial charge < -0.3 is 5.11 Å². The van der Waals surface area contributed by atoms with E-state index in [2.05, 4.69) is 0 Å². The van der Waals surface area contributed by atoms with Crippen LogP contribution in [0.4, 0.5) is 57.1 Å². The molecule has 3 nitrogen and oxygen atoms in total. The third kappa shape index (κ3) is 2.74. The van der Waals surface area contributed by atoms with Gasteiger partial charge in [-0.15, -0.1) is 0 Å². The van der Waals surface area contributed by atoms with E-state index in [1.807, 2.05) is 0 Å². The zero-order valence-corrected chi connectivity index (χ0v) is 10.2. The maximum absolute atomic E-state index is 13.4. The highest BCUT2D eigenvalue weighted by molar-refractivity contribution is 6.10. The summed E-state index contributed by atoms with van der Waals surface area (Å²) in [5.74, 6) is -33.1. The lowest BCUT2D eigenvalue weighted by molar-refractivity contribution is -0.407. The van der Waals surface area contributed by atoms with Crippen molar-refractivity contribution in [2.75, 3.05) is 0 Å². The average Bonchev–Trinajstić information content (AvgIpc) is 2.33. The van der Waals surface area contributed by atoms with Crippen LogP contribution in [-0.4, -0.2) is 52.6 Å². The van der Waals surface area contributed by atoms with Crippen LogP contribution in [0.5, 0.6) is 0 Å². The largest absolute Gasteiger partial charge is 0.478 e. The van der Waals surface area contributed by atoms with Crippen LogP contribution in [0.25, 0.3) is 0 Å². The molecule has 0 spiro atoms. The molecule has 0 saturated heterocycles. The van der Waals surface area contributed by atoms with Crippen molar-refractivity contribution in [2.24, 2.45) is 0 Å². The Morgan fingerprint density at radius 1 is 0.583 bits per heavy atom. The topological polar surface area (TPSA) is 54.4 Å². The zero-order chi connectivity index (χ0) is 20.2. The lowest BCUT2D eigenvalue weighted by atomic mass is 9.85. The van der Waals surface area contributed by atoms with Gasteiger partial charge in [0.05, 0.1) is 0 Å². The second-order valence-electron chi connectivity index (χ2n) is 4.01. The molecule has 1 unspecified atom stereocenters. The SMILES string of the molecule is O=C(O)C(F)(C(=O)C(F)(F)F)C(F)(F)C(F)(F)C(F)(F)C(F)(F)F. The smallest absolute Gasteiger partial charge is 0.460 e. The summed E-state index contributed by atoms with van der Waals surface area (Å²) in [7, 11) is 0. The van der Waals surface area contributed by atoms with E-state index in [4.69, 9.17) is 5.11 Å². The highest BCUT2D eigenvalue weighted by atomic mass is 19.4. The van der Waals surface area contributed by atoms with Gasteiger partial charge in [0, 0.05) is 0 Å². The molecule has 0 saturated carbocycles. The third-order valence-corrected chi connectivity index (χ3v) is 2.44. The Morgan fingerprint density at radius 3 is 1.12 bits per heavy atom. The number of carboxylic acid groups (broad SMARTS) is 1. The molecule has 16 heteroatoms. The molecule has 0 aromatic rings. The number of carbonyl (C=O) groups excluding carboxylic acids is 1. The van der Waals surface area contributed by atoms with E-state index in [1.165, 1.54) is 0 Å². The summed E-state index contributed by atoms with van der Waals surface area (Å²) < 4.78 is 161. The van der Waals surface area contributed by atoms with Crippen molar-refractivity contribution in [1.82, 2.24) is 0 Å². The molecule has 0 aliphatic rings. The molecule has 0 heterocycles. The first kappa shape index (κ1) is 22.2. The summed E-state index contributed by atoms with van der Waals surface area (Å²) in [6.45, 7) is 0. The minimum absolute atomic E-state index is 4.35. The van der Waals surface area contributed by atoms with Crippen molar-refractivity contribution in [3.8, 4) is 0 Å². The van der Waals surface area contributed by atoms with Crippen molar-refractivity contribution in [2.45, 2.75) is 35.8 Å². The highest BCUT2D eigenvalue weighted by Gasteiger charge is 2.90. The molecule has 0 bridgehead atoms. The fourth-order valence-corrected chi connectivity index (χ4v) is 1.16. The first-order valence-electron chi connectivity index (χ1n) is 4.84. The maximum atomic E-state index is 13.4. The Morgan fingerprint density at radius 2 is 0.917 bits per heavy atom. The summed E-state index contributed by atoms with van der Waals surface area (Å²) in [5, 5.41) is 7.90. The number of carboxylic acids is 1. The summed E-state index contributed by atoms with van der Waals surface area (Å²) >= 11 is 0. The van der Waals surface area contributed by atoms with E-state index >= 15 is 0 Å². The van der Waals surface area contributed by atoms with Gasteiger partial charge in [0.1, 0.15) is 0 Å². The Labute approximate surface area is 121 Å². The number of ketones is 1. The van der Waals surface area contributed by atoms with Crippen LogP contribution in [0.2, 0.25) is 0 Å². The quantitative estimate of drug-likeness (QED) is 0.577. The van der Waals surface area contributed by atoms with Crippen LogP contribution in [0.15, 0.2) is 0 Å². The Kier molecular flexibility index (Phi) is 4.97. The second kappa shape index (κ2) is 5.37. The van der Waals surface area contributed by atoms with E-state index in [-0.39, 0.29) is 0 Å². The molecular weight excluding hydrogens is 391 g/mol. The standard InChI is InChI=1S/C8HF13O3/c9-3(2(23)24,1(22)4(10,11)12)5(13,14)6(15,16)7(17,18)8(19,20)21/h(H,23,24). The molecule has 1 N–H and O–H groups in total. The second-order valence-corrected chi connectivity index (χ2v) is 4.01. The zero-order valence-electron chi connectivity index (χ0n) is 10.2. The molecule has 0 aliphatic heterocycles. The van der Waals surface area contributed by atoms with Crippen molar-refractivity contribution in [3.63, 3.8) is 0 Å². The number of aliphatic carboxylic acids is 1. The van der Waals surface area contributed by atoms with Gasteiger partial charge in [0.2, 0.25) is 0 Å². The first-order valence-corrected chi connectivity index (χ1v) is 4.84. The van der Waals surface area contributed by atoms with Crippen LogP contribution >= 0.6 is 0 Å². The van der Waals surface area contributed by atoms with Crippen LogP contribution in [-0.2, 0) is 9.59 Å². The van der Waals surface area contributed by atoms with Crippen LogP contribution in [0.1, 0.15) is 0 Å². The predicted molar refractivity (Wildman–Crippen MR) is 43.4 cm³/mol. The number of halogens is 13. The number of Topliss-reactive ketones (excluding diaryl/α,β-unsaturated/α-hetero) is 1. The number of alkyl halides is 13. The minimum Gasteiger partial charge on any atom is -0.478 e. The van der Waals surface area contributed by atoms with Crippen LogP contribution in [0, 0.1) is 0 Å². The molecule has 24 heavy (non-hydrogen) atoms. The van der Waals surface area contributed by atoms with Gasteiger partial charge in [-0.1, -0.05) is 0 Å². The van der Waals surface area contributed by atoms with E-state index < -0.39 is 47.5 Å². The van der Waals surface area contributed by atoms with Gasteiger partial charge in [-0.3, -0.25) is 4.79 Å². The first-order chi connectivity index (χ1) is 10.1. The van der Waals surface area contributed by atoms with Crippen LogP contribution < -0.4 is 0 Å². The molecule has 0 amide bonds. The molecule has 142 valence electrons. The van der Waals surface area contributed by atoms with E-state index in [0.717, 1.165) is 0 Å². The molecule has 0 radical (unpaired) electrons. The van der Waals surface area contributed by atoms with E-state index in [1.54, 1.807) is 0 Å². The average molecular weight is 392 g/mol. The molecule has 0 rings (SSSR count). The molecule has 0 aromatic heterocycles. The Balaban J connectivity index is 6.64. The van der Waals surface area contributed by atoms with Crippen molar-refractivity contribution < 1.29 is 71.8 Å². The minimum atomic E-state index is -8.08. The predicted octanol–water partition coefficient (Wildman–Crippen LogP) is 3.38. The lowest BCUT2D eigenvalue weighted by Crippen LogP contribution is -2.72. The molecule has 0 aliphatic carbocycles. The highest BCUT2D eigenvalue weighted by Crippen LogP contribution is 2.57. The number of hydrogen-bond acceptors (Lipinski definition) is 2. The Hall–Kier alpha value is -1.77. The van der Waals surface area contributed by atoms with E-state index in [9.17, 15) is 66.7 Å². The summed E-state index contributed by atoms with van der Waals surface area (Å²) in [5.41, 5.74) is -7.16. The fourth-order valence-electron chi connectivity index (χ4n) is 1.16. The fraction of sp³-hybridized carbons (Fsp3) is 0.750. The van der Waals surface area contributed by atoms with Gasteiger partial charge >= 0.3 is 41.8 Å². The maximum Gasteiger partial charge on any atom is 0.460 e. The van der Waals surface area contributed by atoms with Crippen LogP contribution in [0.3, 0.4) is 0 Å². The summed E-state index contributed by atoms with van der Waals surface area (Å²) in [6.07, 6.45) is -14.5. The van der Waals surface area contributed by atoms with Crippen molar-refractivity contribution in [3.05, 3.63) is 0 Å². The summed E-state index contributed by atoms with van der Waals surface area (Å²) in [6, 6.07) is 0. The third-order valence-electron chi connectivity index (χ3n) is 2.44. The van der Waals surface area contributed by atoms with Gasteiger partial charge in [0.15, 0.2) is 0 Å². The molecule has 1 atom stereocenters. The van der Waals surface area contributed by atoms with Crippen molar-refractivity contribution in [1.29, 1.82) is 0 Å². The normalized spacial score (nSPS) is 17.4. The lowest BCUT2D eigenvalue weighted by Gasteiger charge is -2.38. The number of rotatable bonds is 5. The molecule has 0 aromatic carbocycles. The van der Waals surface area contributed by atoms with Gasteiger partial charge in [-0.05, 0) is 0 Å². The number of carbonyl (C=O) groups is 2. The monoisotopic (exact) mass is 392 g/mol. The van der Waals surface area contributed by atoms with Crippen molar-refractivity contribution >= 4 is 11.8 Å². The molecule has 0 fully saturated rings. The van der Waals surface area contributed by atoms with Gasteiger partial charge in [-0.25, -0.2) is 9.18 Å². The van der Waals surface area contributed by atoms with Gasteiger partial charge in [0.25, 0.3) is 5.78 Å². The Bertz CT molecular complexity index is 530. The number of hydrogen-bond donors (Lipinski definition) is 1. The molecular formula is C8HF13O3. The summed E-state index contributed by atoms with van der Waals surface area (Å²) in [4.78, 5) is 20.5. The van der Waals surface area contributed by atoms with E-state index in [0.29, 0.717) is 0 Å².